The second-order valence-corrected chi connectivity index (χ2v) is 9.10. The van der Waals surface area contributed by atoms with Crippen molar-refractivity contribution >= 4 is 28.4 Å². The molecule has 0 bridgehead atoms. The molecule has 4 heterocycles. The van der Waals surface area contributed by atoms with Crippen LogP contribution in [0.2, 0.25) is 0 Å². The highest BCUT2D eigenvalue weighted by atomic mass is 16.5. The molecule has 9 heteroatoms. The predicted molar refractivity (Wildman–Crippen MR) is 132 cm³/mol. The second-order valence-electron chi connectivity index (χ2n) is 9.10. The van der Waals surface area contributed by atoms with Crippen molar-refractivity contribution in [1.82, 2.24) is 29.9 Å². The lowest BCUT2D eigenvalue weighted by atomic mass is 9.93. The number of pyridine rings is 1. The van der Waals surface area contributed by atoms with Gasteiger partial charge in [-0.05, 0) is 56.7 Å². The van der Waals surface area contributed by atoms with E-state index < -0.39 is 0 Å². The summed E-state index contributed by atoms with van der Waals surface area (Å²) in [5, 5.41) is 11.8. The number of aromatic nitrogens is 5. The molecule has 9 nitrogen and oxygen atoms in total. The summed E-state index contributed by atoms with van der Waals surface area (Å²) < 4.78 is 7.18. The van der Waals surface area contributed by atoms with Crippen molar-refractivity contribution in [3.63, 3.8) is 0 Å². The number of hydrogen-bond acceptors (Lipinski definition) is 6. The van der Waals surface area contributed by atoms with Crippen molar-refractivity contribution in [1.29, 1.82) is 0 Å². The van der Waals surface area contributed by atoms with E-state index in [1.807, 2.05) is 30.7 Å². The van der Waals surface area contributed by atoms with E-state index in [-0.39, 0.29) is 11.9 Å². The number of nitrogens with one attached hydrogen (secondary N) is 3. The predicted octanol–water partition coefficient (Wildman–Crippen LogP) is 4.17. The molecule has 178 valence electrons. The van der Waals surface area contributed by atoms with E-state index in [0.29, 0.717) is 23.7 Å². The Morgan fingerprint density at radius 1 is 1.29 bits per heavy atom. The van der Waals surface area contributed by atoms with E-state index >= 15 is 0 Å². The lowest BCUT2D eigenvalue weighted by Gasteiger charge is -2.28. The van der Waals surface area contributed by atoms with Gasteiger partial charge in [0.15, 0.2) is 0 Å². The molecule has 0 aliphatic heterocycles. The van der Waals surface area contributed by atoms with Crippen LogP contribution in [0.1, 0.15) is 56.3 Å². The first kappa shape index (κ1) is 22.3. The smallest absolute Gasteiger partial charge is 0.255 e. The van der Waals surface area contributed by atoms with Crippen LogP contribution >= 0.6 is 0 Å². The van der Waals surface area contributed by atoms with Gasteiger partial charge in [-0.3, -0.25) is 4.79 Å². The molecular weight excluding hydrogens is 430 g/mol. The molecule has 1 saturated carbocycles. The molecule has 0 saturated heterocycles. The number of methoxy groups -OCH3 is 1. The Hall–Kier alpha value is -3.46. The van der Waals surface area contributed by atoms with E-state index in [0.717, 1.165) is 59.8 Å². The minimum absolute atomic E-state index is 0.0870. The number of carbonyl (C=O) groups is 1. The van der Waals surface area contributed by atoms with Gasteiger partial charge in [-0.2, -0.15) is 10.1 Å². The highest BCUT2D eigenvalue weighted by molar-refractivity contribution is 6.02. The third kappa shape index (κ3) is 4.35. The Morgan fingerprint density at radius 2 is 2.12 bits per heavy atom. The van der Waals surface area contributed by atoms with Gasteiger partial charge in [0.05, 0.1) is 23.4 Å². The Bertz CT molecular complexity index is 1300. The Kier molecular flexibility index (Phi) is 6.19. The fourth-order valence-electron chi connectivity index (χ4n) is 4.57. The van der Waals surface area contributed by atoms with Gasteiger partial charge in [0, 0.05) is 48.7 Å². The standard InChI is InChI=1S/C25H31N7O2/c1-4-15(2)29-25-27-13-20-19(12-26-23(20)31-25)16-9-10-32-22(11-16)21(14-28-32)24(33)30-17-5-7-18(34-3)8-6-17/h9-15,17-18H,4-8H2,1-3H3,(H,30,33)(H2,26,27,29,31)/t15?,17-,18-. The number of anilines is 1. The van der Waals surface area contributed by atoms with E-state index in [4.69, 9.17) is 4.74 Å². The summed E-state index contributed by atoms with van der Waals surface area (Å²) >= 11 is 0. The first-order chi connectivity index (χ1) is 16.6. The molecule has 3 N–H and O–H groups in total. The van der Waals surface area contributed by atoms with Crippen molar-refractivity contribution in [2.75, 3.05) is 12.4 Å². The number of ether oxygens (including phenoxy) is 1. The van der Waals surface area contributed by atoms with Gasteiger partial charge in [-0.1, -0.05) is 6.92 Å². The van der Waals surface area contributed by atoms with Crippen molar-refractivity contribution in [2.24, 2.45) is 0 Å². The molecule has 1 unspecified atom stereocenters. The summed E-state index contributed by atoms with van der Waals surface area (Å²) in [6.45, 7) is 4.22. The largest absolute Gasteiger partial charge is 0.381 e. The first-order valence-corrected chi connectivity index (χ1v) is 12.0. The number of fused-ring (bicyclic) bond motifs is 2. The number of amides is 1. The fraction of sp³-hybridized carbons (Fsp3) is 0.440. The molecule has 0 aromatic carbocycles. The van der Waals surface area contributed by atoms with E-state index in [2.05, 4.69) is 44.5 Å². The quantitative estimate of drug-likeness (QED) is 0.381. The zero-order valence-corrected chi connectivity index (χ0v) is 19.8. The molecule has 34 heavy (non-hydrogen) atoms. The molecule has 0 radical (unpaired) electrons. The summed E-state index contributed by atoms with van der Waals surface area (Å²) in [5.41, 5.74) is 4.07. The molecular formula is C25H31N7O2. The number of rotatable bonds is 7. The van der Waals surface area contributed by atoms with Gasteiger partial charge in [0.25, 0.3) is 5.91 Å². The highest BCUT2D eigenvalue weighted by Crippen LogP contribution is 2.29. The summed E-state index contributed by atoms with van der Waals surface area (Å²) in [4.78, 5) is 25.4. The van der Waals surface area contributed by atoms with Crippen LogP contribution < -0.4 is 10.6 Å². The van der Waals surface area contributed by atoms with E-state index in [1.54, 1.807) is 17.8 Å². The second kappa shape index (κ2) is 9.42. The Labute approximate surface area is 198 Å². The first-order valence-electron chi connectivity index (χ1n) is 12.0. The SMILES string of the molecule is CCC(C)Nc1ncc2c(-c3ccn4ncc(C(=O)N[C@H]5CC[C@H](OC)CC5)c4c3)c[nH]c2n1. The molecule has 4 aromatic heterocycles. The van der Waals surface area contributed by atoms with Gasteiger partial charge in [-0.15, -0.1) is 0 Å². The van der Waals surface area contributed by atoms with Gasteiger partial charge < -0.3 is 20.4 Å². The van der Waals surface area contributed by atoms with Crippen molar-refractivity contribution in [3.8, 4) is 11.1 Å². The van der Waals surface area contributed by atoms with Gasteiger partial charge in [0.2, 0.25) is 5.95 Å². The minimum Gasteiger partial charge on any atom is -0.381 e. The molecule has 1 atom stereocenters. The zero-order chi connectivity index (χ0) is 23.7. The molecule has 1 aliphatic rings. The van der Waals surface area contributed by atoms with E-state index in [9.17, 15) is 4.79 Å². The molecule has 1 aliphatic carbocycles. The van der Waals surface area contributed by atoms with Crippen LogP contribution in [0.25, 0.3) is 27.7 Å². The summed E-state index contributed by atoms with van der Waals surface area (Å²) in [6.07, 6.45) is 12.4. The van der Waals surface area contributed by atoms with Gasteiger partial charge in [-0.25, -0.2) is 9.50 Å². The highest BCUT2D eigenvalue weighted by Gasteiger charge is 2.24. The van der Waals surface area contributed by atoms with Crippen LogP contribution in [0.3, 0.4) is 0 Å². The molecule has 5 rings (SSSR count). The molecule has 0 spiro atoms. The topological polar surface area (TPSA) is 109 Å². The molecule has 1 amide bonds. The van der Waals surface area contributed by atoms with Crippen LogP contribution in [-0.2, 0) is 4.74 Å². The van der Waals surface area contributed by atoms with Gasteiger partial charge >= 0.3 is 0 Å². The summed E-state index contributed by atoms with van der Waals surface area (Å²) in [5.74, 6) is 0.524. The van der Waals surface area contributed by atoms with E-state index in [1.165, 1.54) is 0 Å². The number of H-pyrrole nitrogens is 1. The average molecular weight is 462 g/mol. The Balaban J connectivity index is 1.39. The Morgan fingerprint density at radius 3 is 2.88 bits per heavy atom. The van der Waals surface area contributed by atoms with Crippen LogP contribution in [0, 0.1) is 0 Å². The van der Waals surface area contributed by atoms with Gasteiger partial charge in [0.1, 0.15) is 5.65 Å². The number of carbonyl (C=O) groups excluding carboxylic acids is 1. The van der Waals surface area contributed by atoms with Crippen molar-refractivity contribution < 1.29 is 9.53 Å². The minimum atomic E-state index is -0.0870. The fourth-order valence-corrected chi connectivity index (χ4v) is 4.57. The number of nitrogens with zero attached hydrogens (tertiary/aromatic N) is 4. The van der Waals surface area contributed by atoms with Crippen LogP contribution in [0.5, 0.6) is 0 Å². The normalized spacial score (nSPS) is 19.4. The lowest BCUT2D eigenvalue weighted by molar-refractivity contribution is 0.0599. The lowest BCUT2D eigenvalue weighted by Crippen LogP contribution is -2.38. The monoisotopic (exact) mass is 461 g/mol. The maximum Gasteiger partial charge on any atom is 0.255 e. The third-order valence-electron chi connectivity index (χ3n) is 6.84. The summed E-state index contributed by atoms with van der Waals surface area (Å²) in [6, 6.07) is 4.45. The maximum absolute atomic E-state index is 13.1. The van der Waals surface area contributed by atoms with Crippen LogP contribution in [-0.4, -0.2) is 55.8 Å². The third-order valence-corrected chi connectivity index (χ3v) is 6.84. The average Bonchev–Trinajstić information content (AvgIpc) is 3.48. The van der Waals surface area contributed by atoms with Crippen molar-refractivity contribution in [2.45, 2.75) is 64.1 Å². The number of aromatic amines is 1. The maximum atomic E-state index is 13.1. The van der Waals surface area contributed by atoms with Crippen LogP contribution in [0.15, 0.2) is 36.9 Å². The van der Waals surface area contributed by atoms with Crippen LogP contribution in [0.4, 0.5) is 5.95 Å². The molecule has 4 aromatic rings. The zero-order valence-electron chi connectivity index (χ0n) is 19.8. The molecule has 1 fully saturated rings. The number of hydrogen-bond donors (Lipinski definition) is 3. The summed E-state index contributed by atoms with van der Waals surface area (Å²) in [7, 11) is 1.75. The van der Waals surface area contributed by atoms with Crippen molar-refractivity contribution in [3.05, 3.63) is 42.5 Å².